The van der Waals surface area contributed by atoms with Gasteiger partial charge in [0.05, 0.1) is 19.2 Å². The highest BCUT2D eigenvalue weighted by molar-refractivity contribution is 5.72. The Balaban J connectivity index is 2.15. The molecule has 0 bridgehead atoms. The number of nitrogens with zero attached hydrogens (tertiary/aromatic N) is 1. The van der Waals surface area contributed by atoms with E-state index in [0.717, 1.165) is 30.6 Å². The highest BCUT2D eigenvalue weighted by Crippen LogP contribution is 2.24. The Kier molecular flexibility index (Phi) is 2.52. The van der Waals surface area contributed by atoms with Gasteiger partial charge in [-0.1, -0.05) is 5.16 Å². The summed E-state index contributed by atoms with van der Waals surface area (Å²) in [7, 11) is 1.43. The lowest BCUT2D eigenvalue weighted by Gasteiger charge is -2.09. The van der Waals surface area contributed by atoms with Crippen molar-refractivity contribution in [3.05, 3.63) is 17.5 Å². The van der Waals surface area contributed by atoms with Gasteiger partial charge in [-0.2, -0.15) is 0 Å². The lowest BCUT2D eigenvalue weighted by molar-refractivity contribution is -0.145. The van der Waals surface area contributed by atoms with E-state index in [1.54, 1.807) is 6.20 Å². The highest BCUT2D eigenvalue weighted by Gasteiger charge is 2.25. The van der Waals surface area contributed by atoms with Crippen LogP contribution in [0.5, 0.6) is 0 Å². The first-order chi connectivity index (χ1) is 6.81. The third kappa shape index (κ3) is 1.64. The third-order valence-corrected chi connectivity index (χ3v) is 2.69. The monoisotopic (exact) mass is 195 g/mol. The zero-order chi connectivity index (χ0) is 9.97. The molecule has 14 heavy (non-hydrogen) atoms. The summed E-state index contributed by atoms with van der Waals surface area (Å²) in [6, 6.07) is 0. The lowest BCUT2D eigenvalue weighted by atomic mass is 10.0. The minimum atomic E-state index is -0.144. The molecule has 0 spiro atoms. The maximum Gasteiger partial charge on any atom is 0.309 e. The first-order valence-electron chi connectivity index (χ1n) is 4.81. The number of carbonyl (C=O) groups is 1. The molecule has 4 heteroatoms. The van der Waals surface area contributed by atoms with E-state index in [1.807, 2.05) is 0 Å². The van der Waals surface area contributed by atoms with E-state index in [2.05, 4.69) is 5.16 Å². The summed E-state index contributed by atoms with van der Waals surface area (Å²) in [5.41, 5.74) is 1.14. The van der Waals surface area contributed by atoms with Gasteiger partial charge in [0.1, 0.15) is 5.76 Å². The van der Waals surface area contributed by atoms with Gasteiger partial charge in [-0.3, -0.25) is 4.79 Å². The van der Waals surface area contributed by atoms with Crippen LogP contribution in [0.25, 0.3) is 0 Å². The van der Waals surface area contributed by atoms with E-state index in [4.69, 9.17) is 9.26 Å². The van der Waals surface area contributed by atoms with Crippen LogP contribution in [0, 0.1) is 5.92 Å². The summed E-state index contributed by atoms with van der Waals surface area (Å²) in [4.78, 5) is 11.4. The van der Waals surface area contributed by atoms with Crippen molar-refractivity contribution in [2.45, 2.75) is 25.7 Å². The van der Waals surface area contributed by atoms with Crippen LogP contribution in [0.3, 0.4) is 0 Å². The molecule has 1 atom stereocenters. The summed E-state index contributed by atoms with van der Waals surface area (Å²) in [6.45, 7) is 0. The van der Waals surface area contributed by atoms with Crippen LogP contribution in [0.4, 0.5) is 0 Å². The molecule has 1 aliphatic rings. The van der Waals surface area contributed by atoms with E-state index in [1.165, 1.54) is 7.11 Å². The Hall–Kier alpha value is -1.32. The average Bonchev–Trinajstić information content (AvgIpc) is 2.54. The van der Waals surface area contributed by atoms with Crippen molar-refractivity contribution in [3.63, 3.8) is 0 Å². The molecule has 0 aromatic carbocycles. The SMILES string of the molecule is COC(=O)[C@@H]1CCCc2cnoc2C1. The minimum Gasteiger partial charge on any atom is -0.469 e. The van der Waals surface area contributed by atoms with Gasteiger partial charge in [0.25, 0.3) is 0 Å². The summed E-state index contributed by atoms with van der Waals surface area (Å²) in [5.74, 6) is 0.640. The number of aryl methyl sites for hydroxylation is 1. The Morgan fingerprint density at radius 2 is 2.57 bits per heavy atom. The van der Waals surface area contributed by atoms with Crippen molar-refractivity contribution < 1.29 is 14.1 Å². The molecule has 2 rings (SSSR count). The van der Waals surface area contributed by atoms with Crippen LogP contribution in [-0.2, 0) is 22.4 Å². The molecule has 1 aromatic rings. The second-order valence-corrected chi connectivity index (χ2v) is 3.59. The largest absolute Gasteiger partial charge is 0.469 e. The topological polar surface area (TPSA) is 52.3 Å². The molecule has 0 aliphatic heterocycles. The van der Waals surface area contributed by atoms with Gasteiger partial charge in [-0.25, -0.2) is 0 Å². The predicted molar refractivity (Wildman–Crippen MR) is 48.7 cm³/mol. The third-order valence-electron chi connectivity index (χ3n) is 2.69. The molecular weight excluding hydrogens is 182 g/mol. The Morgan fingerprint density at radius 1 is 1.71 bits per heavy atom. The summed E-state index contributed by atoms with van der Waals surface area (Å²) < 4.78 is 9.84. The van der Waals surface area contributed by atoms with Crippen molar-refractivity contribution >= 4 is 5.97 Å². The molecular formula is C10H13NO3. The second-order valence-electron chi connectivity index (χ2n) is 3.59. The lowest BCUT2D eigenvalue weighted by Crippen LogP contribution is -2.17. The normalized spacial score (nSPS) is 21.1. The quantitative estimate of drug-likeness (QED) is 0.501. The van der Waals surface area contributed by atoms with E-state index in [9.17, 15) is 4.79 Å². The van der Waals surface area contributed by atoms with Crippen molar-refractivity contribution in [1.82, 2.24) is 5.16 Å². The number of aromatic nitrogens is 1. The zero-order valence-electron chi connectivity index (χ0n) is 8.16. The molecule has 76 valence electrons. The van der Waals surface area contributed by atoms with Gasteiger partial charge < -0.3 is 9.26 Å². The molecule has 0 saturated heterocycles. The fourth-order valence-corrected chi connectivity index (χ4v) is 1.89. The first-order valence-corrected chi connectivity index (χ1v) is 4.81. The van der Waals surface area contributed by atoms with Crippen molar-refractivity contribution in [2.24, 2.45) is 5.92 Å². The molecule has 0 radical (unpaired) electrons. The maximum absolute atomic E-state index is 11.4. The number of rotatable bonds is 1. The summed E-state index contributed by atoms with van der Waals surface area (Å²) in [5, 5.41) is 3.74. The van der Waals surface area contributed by atoms with Crippen LogP contribution in [0.1, 0.15) is 24.2 Å². The van der Waals surface area contributed by atoms with Gasteiger partial charge >= 0.3 is 5.97 Å². The number of carbonyl (C=O) groups excluding carboxylic acids is 1. The van der Waals surface area contributed by atoms with Crippen molar-refractivity contribution in [3.8, 4) is 0 Å². The smallest absolute Gasteiger partial charge is 0.309 e. The van der Waals surface area contributed by atoms with Gasteiger partial charge in [0.15, 0.2) is 0 Å². The van der Waals surface area contributed by atoms with Crippen LogP contribution in [-0.4, -0.2) is 18.2 Å². The van der Waals surface area contributed by atoms with E-state index in [0.29, 0.717) is 6.42 Å². The molecule has 0 fully saturated rings. The fraction of sp³-hybridized carbons (Fsp3) is 0.600. The number of methoxy groups -OCH3 is 1. The Bertz CT molecular complexity index is 332. The second kappa shape index (κ2) is 3.82. The van der Waals surface area contributed by atoms with Gasteiger partial charge in [0.2, 0.25) is 0 Å². The fourth-order valence-electron chi connectivity index (χ4n) is 1.89. The Labute approximate surface area is 82.2 Å². The van der Waals surface area contributed by atoms with Gasteiger partial charge in [-0.15, -0.1) is 0 Å². The van der Waals surface area contributed by atoms with Crippen LogP contribution in [0.2, 0.25) is 0 Å². The number of hydrogen-bond acceptors (Lipinski definition) is 4. The highest BCUT2D eigenvalue weighted by atomic mass is 16.5. The minimum absolute atomic E-state index is 0.0609. The predicted octanol–water partition coefficient (Wildman–Crippen LogP) is 1.34. The standard InChI is InChI=1S/C10H13NO3/c1-13-10(12)7-3-2-4-8-6-11-14-9(8)5-7/h6-7H,2-5H2,1H3/t7-/m1/s1. The van der Waals surface area contributed by atoms with E-state index < -0.39 is 0 Å². The molecule has 0 amide bonds. The van der Waals surface area contributed by atoms with Crippen LogP contribution >= 0.6 is 0 Å². The number of ether oxygens (including phenoxy) is 1. The first kappa shape index (κ1) is 9.24. The Morgan fingerprint density at radius 3 is 3.36 bits per heavy atom. The number of esters is 1. The summed E-state index contributed by atoms with van der Waals surface area (Å²) >= 11 is 0. The molecule has 1 heterocycles. The van der Waals surface area contributed by atoms with Gasteiger partial charge in [-0.05, 0) is 19.3 Å². The van der Waals surface area contributed by atoms with E-state index in [-0.39, 0.29) is 11.9 Å². The molecule has 1 aliphatic carbocycles. The molecule has 0 saturated carbocycles. The van der Waals surface area contributed by atoms with E-state index >= 15 is 0 Å². The van der Waals surface area contributed by atoms with Gasteiger partial charge in [0, 0.05) is 12.0 Å². The molecule has 4 nitrogen and oxygen atoms in total. The maximum atomic E-state index is 11.4. The molecule has 0 unspecified atom stereocenters. The average molecular weight is 195 g/mol. The van der Waals surface area contributed by atoms with Crippen molar-refractivity contribution in [1.29, 1.82) is 0 Å². The molecule has 0 N–H and O–H groups in total. The number of fused-ring (bicyclic) bond motifs is 1. The zero-order valence-corrected chi connectivity index (χ0v) is 8.16. The van der Waals surface area contributed by atoms with Crippen LogP contribution in [0.15, 0.2) is 10.7 Å². The summed E-state index contributed by atoms with van der Waals surface area (Å²) in [6.07, 6.45) is 5.19. The van der Waals surface area contributed by atoms with Crippen LogP contribution < -0.4 is 0 Å². The number of hydrogen-bond donors (Lipinski definition) is 0. The molecule has 1 aromatic heterocycles. The van der Waals surface area contributed by atoms with Crippen molar-refractivity contribution in [2.75, 3.05) is 7.11 Å².